The minimum absolute atomic E-state index is 0.118. The zero-order valence-corrected chi connectivity index (χ0v) is 11.6. The summed E-state index contributed by atoms with van der Waals surface area (Å²) in [6.07, 6.45) is 6.82. The molecule has 0 unspecified atom stereocenters. The van der Waals surface area contributed by atoms with Crippen LogP contribution in [0.4, 0.5) is 4.79 Å². The van der Waals surface area contributed by atoms with E-state index in [1.807, 2.05) is 30.3 Å². The van der Waals surface area contributed by atoms with Crippen molar-refractivity contribution in [1.82, 2.24) is 10.6 Å². The molecule has 0 aliphatic carbocycles. The summed E-state index contributed by atoms with van der Waals surface area (Å²) in [5.74, 6) is 2.49. The first-order valence-corrected chi connectivity index (χ1v) is 6.61. The largest absolute Gasteiger partial charge is 0.480 e. The van der Waals surface area contributed by atoms with Crippen molar-refractivity contribution >= 4 is 28.8 Å². The van der Waals surface area contributed by atoms with Gasteiger partial charge in [0.1, 0.15) is 18.1 Å². The number of nitrogens with one attached hydrogen (secondary N) is 2. The van der Waals surface area contributed by atoms with Crippen molar-refractivity contribution in [2.75, 3.05) is 6.61 Å². The lowest BCUT2D eigenvalue weighted by atomic mass is 10.0. The SMILES string of the molecule is C#CCOc1ccc2ccccc2c1/C=C1\NC(=O)NC1=O. The van der Waals surface area contributed by atoms with Gasteiger partial charge in [0.15, 0.2) is 0 Å². The summed E-state index contributed by atoms with van der Waals surface area (Å²) >= 11 is 0. The van der Waals surface area contributed by atoms with Crippen molar-refractivity contribution in [2.45, 2.75) is 0 Å². The Bertz CT molecular complexity index is 847. The highest BCUT2D eigenvalue weighted by Crippen LogP contribution is 2.30. The minimum atomic E-state index is -0.539. The van der Waals surface area contributed by atoms with E-state index in [-0.39, 0.29) is 12.3 Å². The molecule has 0 aromatic heterocycles. The van der Waals surface area contributed by atoms with Crippen LogP contribution in [-0.4, -0.2) is 18.5 Å². The first kappa shape index (κ1) is 13.7. The molecule has 1 fully saturated rings. The number of terminal acetylenes is 1. The van der Waals surface area contributed by atoms with Gasteiger partial charge < -0.3 is 10.1 Å². The summed E-state index contributed by atoms with van der Waals surface area (Å²) < 4.78 is 5.54. The highest BCUT2D eigenvalue weighted by molar-refractivity contribution is 6.14. The number of urea groups is 1. The summed E-state index contributed by atoms with van der Waals surface area (Å²) in [5, 5.41) is 6.53. The molecule has 0 bridgehead atoms. The van der Waals surface area contributed by atoms with Gasteiger partial charge >= 0.3 is 6.03 Å². The number of carbonyl (C=O) groups is 2. The Morgan fingerprint density at radius 2 is 1.95 bits per heavy atom. The van der Waals surface area contributed by atoms with Gasteiger partial charge in [-0.05, 0) is 22.9 Å². The van der Waals surface area contributed by atoms with Crippen LogP contribution in [0.15, 0.2) is 42.1 Å². The summed E-state index contributed by atoms with van der Waals surface area (Å²) in [7, 11) is 0. The maximum atomic E-state index is 11.7. The first-order valence-electron chi connectivity index (χ1n) is 6.61. The molecule has 1 heterocycles. The molecule has 2 aromatic carbocycles. The zero-order chi connectivity index (χ0) is 15.5. The molecule has 0 atom stereocenters. The second-order valence-corrected chi connectivity index (χ2v) is 4.66. The van der Waals surface area contributed by atoms with E-state index in [1.54, 1.807) is 12.1 Å². The number of amides is 3. The molecule has 5 heteroatoms. The second-order valence-electron chi connectivity index (χ2n) is 4.66. The van der Waals surface area contributed by atoms with E-state index in [0.717, 1.165) is 10.8 Å². The normalized spacial score (nSPS) is 15.5. The van der Waals surface area contributed by atoms with E-state index < -0.39 is 11.9 Å². The van der Waals surface area contributed by atoms with E-state index >= 15 is 0 Å². The van der Waals surface area contributed by atoms with E-state index in [1.165, 1.54) is 0 Å². The van der Waals surface area contributed by atoms with E-state index in [0.29, 0.717) is 11.3 Å². The van der Waals surface area contributed by atoms with Crippen LogP contribution in [-0.2, 0) is 4.79 Å². The van der Waals surface area contributed by atoms with Crippen LogP contribution in [0.3, 0.4) is 0 Å². The predicted molar refractivity (Wildman–Crippen MR) is 82.9 cm³/mol. The molecule has 5 nitrogen and oxygen atoms in total. The van der Waals surface area contributed by atoms with Gasteiger partial charge in [-0.3, -0.25) is 10.1 Å². The van der Waals surface area contributed by atoms with E-state index in [2.05, 4.69) is 16.6 Å². The number of imide groups is 1. The van der Waals surface area contributed by atoms with Crippen molar-refractivity contribution in [3.8, 4) is 18.1 Å². The third-order valence-corrected chi connectivity index (χ3v) is 3.25. The Morgan fingerprint density at radius 3 is 2.68 bits per heavy atom. The molecule has 0 saturated carbocycles. The van der Waals surface area contributed by atoms with E-state index in [4.69, 9.17) is 11.2 Å². The van der Waals surface area contributed by atoms with Crippen molar-refractivity contribution in [3.63, 3.8) is 0 Å². The number of carbonyl (C=O) groups excluding carboxylic acids is 2. The lowest BCUT2D eigenvalue weighted by Gasteiger charge is -2.10. The highest BCUT2D eigenvalue weighted by atomic mass is 16.5. The number of benzene rings is 2. The molecule has 108 valence electrons. The molecular formula is C17H12N2O3. The fourth-order valence-corrected chi connectivity index (χ4v) is 2.30. The van der Waals surface area contributed by atoms with Gasteiger partial charge in [-0.2, -0.15) is 0 Å². The van der Waals surface area contributed by atoms with Gasteiger partial charge in [-0.25, -0.2) is 4.79 Å². The maximum Gasteiger partial charge on any atom is 0.326 e. The van der Waals surface area contributed by atoms with Gasteiger partial charge in [-0.1, -0.05) is 36.3 Å². The third kappa shape index (κ3) is 2.50. The number of hydrogen-bond donors (Lipinski definition) is 2. The smallest absolute Gasteiger partial charge is 0.326 e. The minimum Gasteiger partial charge on any atom is -0.480 e. The molecule has 2 N–H and O–H groups in total. The number of rotatable bonds is 3. The topological polar surface area (TPSA) is 67.4 Å². The Morgan fingerprint density at radius 1 is 1.14 bits per heavy atom. The molecule has 1 aliphatic heterocycles. The molecule has 1 aliphatic rings. The van der Waals surface area contributed by atoms with Crippen LogP contribution < -0.4 is 15.4 Å². The van der Waals surface area contributed by atoms with Crippen LogP contribution in [0.25, 0.3) is 16.8 Å². The van der Waals surface area contributed by atoms with E-state index in [9.17, 15) is 9.59 Å². The Balaban J connectivity index is 2.16. The highest BCUT2D eigenvalue weighted by Gasteiger charge is 2.23. The molecule has 3 rings (SSSR count). The summed E-state index contributed by atoms with van der Waals surface area (Å²) in [5.41, 5.74) is 0.868. The summed E-state index contributed by atoms with van der Waals surface area (Å²) in [6, 6.07) is 10.8. The number of hydrogen-bond acceptors (Lipinski definition) is 3. The molecule has 22 heavy (non-hydrogen) atoms. The second kappa shape index (κ2) is 5.62. The van der Waals surface area contributed by atoms with Crippen molar-refractivity contribution in [3.05, 3.63) is 47.7 Å². The van der Waals surface area contributed by atoms with Crippen LogP contribution in [0.2, 0.25) is 0 Å². The van der Waals surface area contributed by atoms with Gasteiger partial charge in [0.05, 0.1) is 0 Å². The Kier molecular flexibility index (Phi) is 3.50. The summed E-state index contributed by atoms with van der Waals surface area (Å²) in [4.78, 5) is 22.9. The van der Waals surface area contributed by atoms with Crippen LogP contribution in [0.5, 0.6) is 5.75 Å². The third-order valence-electron chi connectivity index (χ3n) is 3.25. The standard InChI is InChI=1S/C17H12N2O3/c1-2-9-22-15-8-7-11-5-3-4-6-12(11)13(15)10-14-16(20)19-17(21)18-14/h1,3-8,10H,9H2,(H2,18,19,20,21)/b14-10-. The Labute approximate surface area is 127 Å². The number of fused-ring (bicyclic) bond motifs is 1. The van der Waals surface area contributed by atoms with Crippen molar-refractivity contribution in [1.29, 1.82) is 0 Å². The molecular weight excluding hydrogens is 280 g/mol. The monoisotopic (exact) mass is 292 g/mol. The average Bonchev–Trinajstić information content (AvgIpc) is 2.84. The maximum absolute atomic E-state index is 11.7. The molecule has 0 spiro atoms. The predicted octanol–water partition coefficient (Wildman–Crippen LogP) is 2.03. The summed E-state index contributed by atoms with van der Waals surface area (Å²) in [6.45, 7) is 0.118. The van der Waals surface area contributed by atoms with Crippen molar-refractivity contribution < 1.29 is 14.3 Å². The fraction of sp³-hybridized carbons (Fsp3) is 0.0588. The van der Waals surface area contributed by atoms with Crippen molar-refractivity contribution in [2.24, 2.45) is 0 Å². The van der Waals surface area contributed by atoms with Gasteiger partial charge in [0, 0.05) is 5.56 Å². The molecule has 3 amide bonds. The quantitative estimate of drug-likeness (QED) is 0.517. The zero-order valence-electron chi connectivity index (χ0n) is 11.6. The molecule has 2 aromatic rings. The fourth-order valence-electron chi connectivity index (χ4n) is 2.30. The van der Waals surface area contributed by atoms with Gasteiger partial charge in [-0.15, -0.1) is 6.42 Å². The lowest BCUT2D eigenvalue weighted by Crippen LogP contribution is -2.22. The van der Waals surface area contributed by atoms with Crippen LogP contribution >= 0.6 is 0 Å². The first-order chi connectivity index (χ1) is 10.7. The number of ether oxygens (including phenoxy) is 1. The van der Waals surface area contributed by atoms with Crippen LogP contribution in [0, 0.1) is 12.3 Å². The lowest BCUT2D eigenvalue weighted by molar-refractivity contribution is -0.115. The van der Waals surface area contributed by atoms with Crippen LogP contribution in [0.1, 0.15) is 5.56 Å². The average molecular weight is 292 g/mol. The Hall–Kier alpha value is -3.26. The molecule has 1 saturated heterocycles. The van der Waals surface area contributed by atoms with Gasteiger partial charge in [0.2, 0.25) is 0 Å². The van der Waals surface area contributed by atoms with Gasteiger partial charge in [0.25, 0.3) is 5.91 Å². The molecule has 0 radical (unpaired) electrons.